The van der Waals surface area contributed by atoms with Gasteiger partial charge in [-0.15, -0.1) is 0 Å². The van der Waals surface area contributed by atoms with Gasteiger partial charge in [0.15, 0.2) is 0 Å². The molecule has 1 aromatic rings. The van der Waals surface area contributed by atoms with Crippen molar-refractivity contribution in [3.8, 4) is 0 Å². The van der Waals surface area contributed by atoms with Crippen molar-refractivity contribution in [3.63, 3.8) is 0 Å². The van der Waals surface area contributed by atoms with E-state index in [0.29, 0.717) is 0 Å². The van der Waals surface area contributed by atoms with Crippen molar-refractivity contribution in [1.29, 1.82) is 0 Å². The molecule has 0 saturated heterocycles. The van der Waals surface area contributed by atoms with E-state index in [1.54, 1.807) is 13.8 Å². The van der Waals surface area contributed by atoms with Gasteiger partial charge in [0.25, 0.3) is 0 Å². The lowest BCUT2D eigenvalue weighted by molar-refractivity contribution is -0.138. The molecule has 0 heterocycles. The Morgan fingerprint density at radius 1 is 1.09 bits per heavy atom. The quantitative estimate of drug-likeness (QED) is 0.713. The number of hydrogen-bond acceptors (Lipinski definition) is 5. The summed E-state index contributed by atoms with van der Waals surface area (Å²) in [5.41, 5.74) is 5.60. The van der Waals surface area contributed by atoms with E-state index in [0.717, 1.165) is 24.3 Å². The molecule has 0 spiro atoms. The van der Waals surface area contributed by atoms with Gasteiger partial charge in [-0.1, -0.05) is 13.8 Å². The maximum atomic E-state index is 12.8. The van der Waals surface area contributed by atoms with Crippen LogP contribution >= 0.6 is 0 Å². The maximum absolute atomic E-state index is 12.8. The molecule has 1 aromatic carbocycles. The molecule has 6 nitrogen and oxygen atoms in total. The fourth-order valence-electron chi connectivity index (χ4n) is 1.65. The highest BCUT2D eigenvalue weighted by Crippen LogP contribution is 2.11. The number of nitrogens with two attached hydrogens (primary N) is 1. The van der Waals surface area contributed by atoms with Crippen LogP contribution in [0.3, 0.4) is 0 Å². The van der Waals surface area contributed by atoms with E-state index in [2.05, 4.69) is 4.72 Å². The summed E-state index contributed by atoms with van der Waals surface area (Å²) in [6.07, 6.45) is 0. The number of benzene rings is 1. The van der Waals surface area contributed by atoms with Crippen LogP contribution in [0.5, 0.6) is 0 Å². The van der Waals surface area contributed by atoms with E-state index in [9.17, 15) is 22.4 Å². The zero-order valence-electron chi connectivity index (χ0n) is 12.5. The first-order valence-corrected chi connectivity index (χ1v) is 8.16. The van der Waals surface area contributed by atoms with Crippen molar-refractivity contribution in [3.05, 3.63) is 30.1 Å². The van der Waals surface area contributed by atoms with Crippen LogP contribution in [0.2, 0.25) is 0 Å². The molecule has 0 fully saturated rings. The number of sulfonamides is 1. The summed E-state index contributed by atoms with van der Waals surface area (Å²) in [7, 11) is -4.03. The molecule has 0 aliphatic heterocycles. The van der Waals surface area contributed by atoms with E-state index in [1.807, 2.05) is 0 Å². The molecular weight excluding hydrogens is 311 g/mol. The third-order valence-corrected chi connectivity index (χ3v) is 4.67. The number of nitrogens with one attached hydrogen (secondary N) is 1. The van der Waals surface area contributed by atoms with Crippen LogP contribution in [0, 0.1) is 11.7 Å². The van der Waals surface area contributed by atoms with Crippen molar-refractivity contribution in [1.82, 2.24) is 4.72 Å². The molecular formula is C14H19FN2O4S. The third kappa shape index (κ3) is 4.43. The van der Waals surface area contributed by atoms with Crippen molar-refractivity contribution < 1.29 is 22.4 Å². The minimum absolute atomic E-state index is 0.200. The Morgan fingerprint density at radius 3 is 2.05 bits per heavy atom. The third-order valence-electron chi connectivity index (χ3n) is 3.11. The summed E-state index contributed by atoms with van der Waals surface area (Å²) in [4.78, 5) is 23.6. The second-order valence-electron chi connectivity index (χ2n) is 5.30. The van der Waals surface area contributed by atoms with Crippen LogP contribution < -0.4 is 10.5 Å². The minimum atomic E-state index is -4.03. The van der Waals surface area contributed by atoms with E-state index in [-0.39, 0.29) is 10.8 Å². The van der Waals surface area contributed by atoms with Crippen LogP contribution in [0.4, 0.5) is 4.39 Å². The Hall–Kier alpha value is -1.64. The molecule has 0 aromatic heterocycles. The first kappa shape index (κ1) is 18.4. The molecule has 1 rings (SSSR count). The summed E-state index contributed by atoms with van der Waals surface area (Å²) in [6.45, 7) is 4.63. The van der Waals surface area contributed by atoms with Crippen LogP contribution in [0.25, 0.3) is 0 Å². The Kier molecular flexibility index (Phi) is 5.92. The molecule has 0 unspecified atom stereocenters. The predicted molar refractivity (Wildman–Crippen MR) is 79.0 cm³/mol. The van der Waals surface area contributed by atoms with E-state index in [1.165, 1.54) is 6.92 Å². The zero-order chi connectivity index (χ0) is 17.1. The Morgan fingerprint density at radius 2 is 1.59 bits per heavy atom. The van der Waals surface area contributed by atoms with E-state index >= 15 is 0 Å². The summed E-state index contributed by atoms with van der Waals surface area (Å²) >= 11 is 0. The average molecular weight is 330 g/mol. The number of ketones is 2. The van der Waals surface area contributed by atoms with Gasteiger partial charge in [0.2, 0.25) is 21.6 Å². The molecule has 122 valence electrons. The monoisotopic (exact) mass is 330 g/mol. The lowest BCUT2D eigenvalue weighted by atomic mass is 9.96. The molecule has 0 radical (unpaired) electrons. The van der Waals surface area contributed by atoms with Gasteiger partial charge in [-0.3, -0.25) is 9.59 Å². The topological polar surface area (TPSA) is 106 Å². The van der Waals surface area contributed by atoms with Gasteiger partial charge in [0.1, 0.15) is 5.82 Å². The van der Waals surface area contributed by atoms with Gasteiger partial charge >= 0.3 is 0 Å². The number of Topliss-reactive ketones (excluding diaryl/α,β-unsaturated/α-hetero) is 2. The Bertz CT molecular complexity index is 656. The number of rotatable bonds is 7. The molecule has 0 aliphatic rings. The average Bonchev–Trinajstić information content (AvgIpc) is 2.44. The number of halogens is 1. The zero-order valence-corrected chi connectivity index (χ0v) is 13.4. The van der Waals surface area contributed by atoms with Gasteiger partial charge in [0, 0.05) is 0 Å². The SMILES string of the molecule is CC(C)[C@H](N)C(=O)C(=O)[C@H](C)NS(=O)(=O)c1ccc(F)cc1. The van der Waals surface area contributed by atoms with Crippen molar-refractivity contribution >= 4 is 21.6 Å². The smallest absolute Gasteiger partial charge is 0.241 e. The van der Waals surface area contributed by atoms with Crippen LogP contribution in [0.1, 0.15) is 20.8 Å². The first-order valence-electron chi connectivity index (χ1n) is 6.67. The van der Waals surface area contributed by atoms with Crippen LogP contribution in [0.15, 0.2) is 29.2 Å². The second kappa shape index (κ2) is 7.08. The highest BCUT2D eigenvalue weighted by molar-refractivity contribution is 7.89. The number of carbonyl (C=O) groups excluding carboxylic acids is 2. The van der Waals surface area contributed by atoms with Gasteiger partial charge < -0.3 is 5.73 Å². The molecule has 8 heteroatoms. The van der Waals surface area contributed by atoms with E-state index < -0.39 is 39.5 Å². The van der Waals surface area contributed by atoms with Crippen LogP contribution in [-0.4, -0.2) is 32.1 Å². The highest BCUT2D eigenvalue weighted by atomic mass is 32.2. The summed E-state index contributed by atoms with van der Waals surface area (Å²) < 4.78 is 39.0. The fraction of sp³-hybridized carbons (Fsp3) is 0.429. The Balaban J connectivity index is 2.87. The first-order chi connectivity index (χ1) is 10.1. The predicted octanol–water partition coefficient (Wildman–Crippen LogP) is 0.614. The molecule has 0 aliphatic carbocycles. The summed E-state index contributed by atoms with van der Waals surface area (Å²) in [5, 5.41) is 0. The normalized spacial score (nSPS) is 14.6. The molecule has 0 bridgehead atoms. The second-order valence-corrected chi connectivity index (χ2v) is 7.01. The molecule has 3 N–H and O–H groups in total. The Labute approximate surface area is 128 Å². The number of carbonyl (C=O) groups is 2. The van der Waals surface area contributed by atoms with E-state index in [4.69, 9.17) is 5.73 Å². The standard InChI is InChI=1S/C14H19FN2O4S/c1-8(2)12(16)14(19)13(18)9(3)17-22(20,21)11-6-4-10(15)5-7-11/h4-9,12,17H,16H2,1-3H3/t9-,12-/m0/s1. The maximum Gasteiger partial charge on any atom is 0.241 e. The van der Waals surface area contributed by atoms with Gasteiger partial charge in [-0.25, -0.2) is 17.5 Å². The molecule has 0 amide bonds. The highest BCUT2D eigenvalue weighted by Gasteiger charge is 2.30. The fourth-order valence-corrected chi connectivity index (χ4v) is 2.85. The van der Waals surface area contributed by atoms with Crippen molar-refractivity contribution in [2.24, 2.45) is 11.7 Å². The largest absolute Gasteiger partial charge is 0.321 e. The lowest BCUT2D eigenvalue weighted by Crippen LogP contribution is -2.48. The molecule has 2 atom stereocenters. The van der Waals surface area contributed by atoms with Gasteiger partial charge in [0.05, 0.1) is 17.0 Å². The van der Waals surface area contributed by atoms with Crippen LogP contribution in [-0.2, 0) is 19.6 Å². The molecule has 22 heavy (non-hydrogen) atoms. The summed E-state index contributed by atoms with van der Waals surface area (Å²) in [5.74, 6) is -2.56. The van der Waals surface area contributed by atoms with Crippen molar-refractivity contribution in [2.45, 2.75) is 37.8 Å². The lowest BCUT2D eigenvalue weighted by Gasteiger charge is -2.17. The molecule has 0 saturated carbocycles. The number of hydrogen-bond donors (Lipinski definition) is 2. The van der Waals surface area contributed by atoms with Gasteiger partial charge in [-0.05, 0) is 37.1 Å². The van der Waals surface area contributed by atoms with Gasteiger partial charge in [-0.2, -0.15) is 0 Å². The minimum Gasteiger partial charge on any atom is -0.321 e. The summed E-state index contributed by atoms with van der Waals surface area (Å²) in [6, 6.07) is 1.87. The van der Waals surface area contributed by atoms with Crippen molar-refractivity contribution in [2.75, 3.05) is 0 Å².